The zero-order chi connectivity index (χ0) is 20.8. The summed E-state index contributed by atoms with van der Waals surface area (Å²) in [6.07, 6.45) is -6.52. The Morgan fingerprint density at radius 1 is 1.22 bits per heavy atom. The minimum absolute atomic E-state index is 0.0952. The Morgan fingerprint density at radius 2 is 1.78 bits per heavy atom. The lowest BCUT2D eigenvalue weighted by Crippen LogP contribution is -2.47. The van der Waals surface area contributed by atoms with Crippen molar-refractivity contribution in [3.05, 3.63) is 35.4 Å². The number of nitrogens with two attached hydrogens (primary N) is 1. The highest BCUT2D eigenvalue weighted by atomic mass is 19.4. The van der Waals surface area contributed by atoms with E-state index in [1.807, 2.05) is 0 Å². The van der Waals surface area contributed by atoms with Crippen LogP contribution in [-0.4, -0.2) is 35.5 Å². The molecule has 0 heterocycles. The van der Waals surface area contributed by atoms with Crippen LogP contribution in [0.2, 0.25) is 0 Å². The van der Waals surface area contributed by atoms with Gasteiger partial charge in [-0.2, -0.15) is 13.2 Å². The van der Waals surface area contributed by atoms with E-state index in [4.69, 9.17) is 10.5 Å². The van der Waals surface area contributed by atoms with Crippen LogP contribution in [0, 0.1) is 5.92 Å². The first-order valence-corrected chi connectivity index (χ1v) is 8.08. The Labute approximate surface area is 153 Å². The van der Waals surface area contributed by atoms with Crippen molar-refractivity contribution in [1.82, 2.24) is 5.32 Å². The number of aliphatic hydroxyl groups is 1. The van der Waals surface area contributed by atoms with Gasteiger partial charge in [-0.25, -0.2) is 0 Å². The molecule has 0 radical (unpaired) electrons. The molecule has 0 saturated carbocycles. The second-order valence-corrected chi connectivity index (χ2v) is 5.87. The molecule has 1 aromatic rings. The molecule has 0 aromatic heterocycles. The van der Waals surface area contributed by atoms with Crippen LogP contribution in [0.25, 0.3) is 0 Å². The van der Waals surface area contributed by atoms with Crippen molar-refractivity contribution in [1.29, 1.82) is 0 Å². The number of nitrogens with one attached hydrogen (secondary N) is 1. The van der Waals surface area contributed by atoms with Crippen molar-refractivity contribution in [3.63, 3.8) is 0 Å². The molecule has 7 nitrogen and oxygen atoms in total. The van der Waals surface area contributed by atoms with Crippen LogP contribution in [0.4, 0.5) is 13.2 Å². The van der Waals surface area contributed by atoms with E-state index in [-0.39, 0.29) is 18.6 Å². The van der Waals surface area contributed by atoms with Gasteiger partial charge in [0.1, 0.15) is 6.04 Å². The van der Waals surface area contributed by atoms with Crippen molar-refractivity contribution in [2.45, 2.75) is 38.6 Å². The van der Waals surface area contributed by atoms with Gasteiger partial charge in [0.2, 0.25) is 5.91 Å². The van der Waals surface area contributed by atoms with Gasteiger partial charge in [-0.15, -0.1) is 0 Å². The first kappa shape index (κ1) is 22.4. The number of primary amides is 1. The lowest BCUT2D eigenvalue weighted by atomic mass is 10.0. The minimum atomic E-state index is -4.55. The molecule has 0 aliphatic carbocycles. The van der Waals surface area contributed by atoms with E-state index in [1.165, 1.54) is 6.92 Å². The van der Waals surface area contributed by atoms with Gasteiger partial charge >= 0.3 is 12.1 Å². The Bertz CT molecular complexity index is 676. The fourth-order valence-electron chi connectivity index (χ4n) is 2.24. The average molecular weight is 390 g/mol. The monoisotopic (exact) mass is 390 g/mol. The number of benzene rings is 1. The third kappa shape index (κ3) is 6.55. The van der Waals surface area contributed by atoms with E-state index in [1.54, 1.807) is 6.92 Å². The lowest BCUT2D eigenvalue weighted by Gasteiger charge is -2.20. The molecule has 4 N–H and O–H groups in total. The minimum Gasteiger partial charge on any atom is -0.466 e. The van der Waals surface area contributed by atoms with Gasteiger partial charge in [-0.05, 0) is 31.0 Å². The van der Waals surface area contributed by atoms with Crippen LogP contribution in [0.1, 0.15) is 37.5 Å². The molecule has 2 amide bonds. The second kappa shape index (κ2) is 9.36. The molecule has 0 saturated heterocycles. The lowest BCUT2D eigenvalue weighted by molar-refractivity contribution is -0.148. The summed E-state index contributed by atoms with van der Waals surface area (Å²) < 4.78 is 42.5. The smallest absolute Gasteiger partial charge is 0.416 e. The van der Waals surface area contributed by atoms with Gasteiger partial charge in [0.25, 0.3) is 5.91 Å². The molecular formula is C17H21F3N2O5. The zero-order valence-electron chi connectivity index (χ0n) is 14.7. The largest absolute Gasteiger partial charge is 0.466 e. The molecule has 1 aromatic carbocycles. The quantitative estimate of drug-likeness (QED) is 0.578. The molecule has 0 spiro atoms. The van der Waals surface area contributed by atoms with E-state index < -0.39 is 47.6 Å². The molecule has 1 rings (SSSR count). The van der Waals surface area contributed by atoms with E-state index in [0.717, 1.165) is 24.3 Å². The molecule has 0 bridgehead atoms. The first-order chi connectivity index (χ1) is 12.5. The summed E-state index contributed by atoms with van der Waals surface area (Å²) >= 11 is 0. The van der Waals surface area contributed by atoms with Crippen LogP contribution >= 0.6 is 0 Å². The molecule has 0 aliphatic heterocycles. The fourth-order valence-corrected chi connectivity index (χ4v) is 2.24. The summed E-state index contributed by atoms with van der Waals surface area (Å²) in [5, 5.41) is 12.2. The Hall–Kier alpha value is -2.62. The number of rotatable bonds is 8. The highest BCUT2D eigenvalue weighted by Crippen LogP contribution is 2.30. The van der Waals surface area contributed by atoms with E-state index in [2.05, 4.69) is 5.32 Å². The maximum Gasteiger partial charge on any atom is 0.416 e. The van der Waals surface area contributed by atoms with Crippen molar-refractivity contribution in [3.8, 4) is 0 Å². The normalized spacial score (nSPS) is 14.7. The van der Waals surface area contributed by atoms with E-state index >= 15 is 0 Å². The molecule has 27 heavy (non-hydrogen) atoms. The summed E-state index contributed by atoms with van der Waals surface area (Å²) in [4.78, 5) is 35.3. The third-order valence-electron chi connectivity index (χ3n) is 3.74. The Kier molecular flexibility index (Phi) is 7.77. The van der Waals surface area contributed by atoms with Gasteiger partial charge in [0.15, 0.2) is 6.10 Å². The maximum atomic E-state index is 12.6. The van der Waals surface area contributed by atoms with Gasteiger partial charge in [-0.3, -0.25) is 14.4 Å². The van der Waals surface area contributed by atoms with E-state index in [0.29, 0.717) is 0 Å². The highest BCUT2D eigenvalue weighted by molar-refractivity contribution is 5.89. The summed E-state index contributed by atoms with van der Waals surface area (Å²) in [5.74, 6) is -3.29. The molecular weight excluding hydrogens is 369 g/mol. The van der Waals surface area contributed by atoms with Gasteiger partial charge in [0.05, 0.1) is 18.1 Å². The summed E-state index contributed by atoms with van der Waals surface area (Å²) in [7, 11) is 0. The van der Waals surface area contributed by atoms with Crippen LogP contribution in [0.15, 0.2) is 24.3 Å². The fraction of sp³-hybridized carbons (Fsp3) is 0.471. The number of esters is 1. The van der Waals surface area contributed by atoms with Crippen LogP contribution in [0.3, 0.4) is 0 Å². The number of halogens is 3. The molecule has 0 fully saturated rings. The number of aliphatic hydroxyl groups excluding tert-OH is 1. The molecule has 150 valence electrons. The molecule has 10 heteroatoms. The number of alkyl halides is 3. The van der Waals surface area contributed by atoms with Gasteiger partial charge in [0, 0.05) is 0 Å². The van der Waals surface area contributed by atoms with Crippen molar-refractivity contribution in [2.75, 3.05) is 6.61 Å². The first-order valence-electron chi connectivity index (χ1n) is 8.08. The van der Waals surface area contributed by atoms with Gasteiger partial charge < -0.3 is 20.9 Å². The topological polar surface area (TPSA) is 119 Å². The van der Waals surface area contributed by atoms with Crippen LogP contribution in [-0.2, 0) is 25.3 Å². The standard InChI is InChI=1S/C17H21F3N2O5/c1-3-27-16(26)9(2)8-12(14(21)24)22-15(25)13(23)10-4-6-11(7-5-10)17(18,19)20/h4-7,9,12-13,23H,3,8H2,1-2H3,(H2,21,24)(H,22,25)/t9-,12-,13-/m1/s1. The third-order valence-corrected chi connectivity index (χ3v) is 3.74. The predicted molar refractivity (Wildman–Crippen MR) is 87.9 cm³/mol. The number of carbonyl (C=O) groups is 3. The highest BCUT2D eigenvalue weighted by Gasteiger charge is 2.31. The number of ether oxygens (including phenoxy) is 1. The van der Waals surface area contributed by atoms with Crippen LogP contribution in [0.5, 0.6) is 0 Å². The number of amides is 2. The number of hydrogen-bond acceptors (Lipinski definition) is 5. The SMILES string of the molecule is CCOC(=O)[C@H](C)C[C@@H](NC(=O)[C@H](O)c1ccc(C(F)(F)F)cc1)C(N)=O. The molecule has 3 atom stereocenters. The summed E-state index contributed by atoms with van der Waals surface area (Å²) in [6, 6.07) is 2.09. The number of carbonyl (C=O) groups excluding carboxylic acids is 3. The van der Waals surface area contributed by atoms with E-state index in [9.17, 15) is 32.7 Å². The average Bonchev–Trinajstić information content (AvgIpc) is 2.59. The summed E-state index contributed by atoms with van der Waals surface area (Å²) in [5.41, 5.74) is 4.17. The number of hydrogen-bond donors (Lipinski definition) is 3. The van der Waals surface area contributed by atoms with Crippen LogP contribution < -0.4 is 11.1 Å². The Balaban J connectivity index is 2.80. The van der Waals surface area contributed by atoms with Gasteiger partial charge in [-0.1, -0.05) is 19.1 Å². The molecule has 0 aliphatic rings. The van der Waals surface area contributed by atoms with Crippen molar-refractivity contribution in [2.24, 2.45) is 11.7 Å². The summed E-state index contributed by atoms with van der Waals surface area (Å²) in [6.45, 7) is 3.23. The van der Waals surface area contributed by atoms with Crippen molar-refractivity contribution < 1.29 is 37.4 Å². The predicted octanol–water partition coefficient (Wildman–Crippen LogP) is 1.30. The maximum absolute atomic E-state index is 12.6. The zero-order valence-corrected chi connectivity index (χ0v) is 14.7. The second-order valence-electron chi connectivity index (χ2n) is 5.87. The van der Waals surface area contributed by atoms with Crippen molar-refractivity contribution >= 4 is 17.8 Å². The molecule has 0 unspecified atom stereocenters. The Morgan fingerprint density at radius 3 is 2.22 bits per heavy atom.